The summed E-state index contributed by atoms with van der Waals surface area (Å²) in [6.07, 6.45) is 12.3. The number of amides is 1. The van der Waals surface area contributed by atoms with Crippen LogP contribution in [0.15, 0.2) is 67.6 Å². The first kappa shape index (κ1) is 21.3. The molecule has 6 nitrogen and oxygen atoms in total. The van der Waals surface area contributed by atoms with Crippen LogP contribution >= 0.6 is 0 Å². The van der Waals surface area contributed by atoms with E-state index in [4.69, 9.17) is 11.1 Å². The first-order valence-electron chi connectivity index (χ1n) is 10.2. The van der Waals surface area contributed by atoms with E-state index in [1.165, 1.54) is 12.4 Å². The fourth-order valence-corrected chi connectivity index (χ4v) is 3.90. The van der Waals surface area contributed by atoms with E-state index in [0.717, 1.165) is 42.7 Å². The molecule has 3 rings (SSSR count). The number of pyridine rings is 1. The van der Waals surface area contributed by atoms with E-state index in [1.54, 1.807) is 12.2 Å². The Morgan fingerprint density at radius 2 is 2.13 bits per heavy atom. The van der Waals surface area contributed by atoms with Gasteiger partial charge in [-0.05, 0) is 42.5 Å². The van der Waals surface area contributed by atoms with Crippen LogP contribution in [0.25, 0.3) is 16.6 Å². The van der Waals surface area contributed by atoms with Crippen LogP contribution in [0.3, 0.4) is 0 Å². The van der Waals surface area contributed by atoms with Crippen LogP contribution in [-0.4, -0.2) is 39.7 Å². The van der Waals surface area contributed by atoms with Crippen LogP contribution in [0, 0.1) is 11.3 Å². The second-order valence-electron chi connectivity index (χ2n) is 7.51. The molecule has 1 unspecified atom stereocenters. The zero-order valence-corrected chi connectivity index (χ0v) is 17.3. The molecule has 0 aliphatic carbocycles. The molecule has 1 aliphatic heterocycles. The van der Waals surface area contributed by atoms with Gasteiger partial charge in [0.1, 0.15) is 0 Å². The van der Waals surface area contributed by atoms with E-state index < -0.39 is 0 Å². The number of nitrogens with two attached hydrogens (primary N) is 1. The predicted octanol–water partition coefficient (Wildman–Crippen LogP) is 3.91. The number of nitrogens with zero attached hydrogens (tertiary/aromatic N) is 3. The van der Waals surface area contributed by atoms with Crippen LogP contribution in [0.1, 0.15) is 25.0 Å². The van der Waals surface area contributed by atoms with Gasteiger partial charge in [0.25, 0.3) is 0 Å². The molecule has 1 saturated heterocycles. The largest absolute Gasteiger partial charge is 0.404 e. The van der Waals surface area contributed by atoms with Crippen LogP contribution < -0.4 is 5.73 Å². The third-order valence-corrected chi connectivity index (χ3v) is 5.57. The number of rotatable bonds is 9. The lowest BCUT2D eigenvalue weighted by Crippen LogP contribution is -2.29. The minimum Gasteiger partial charge on any atom is -0.404 e. The van der Waals surface area contributed by atoms with Crippen molar-refractivity contribution in [3.8, 4) is 0 Å². The molecule has 30 heavy (non-hydrogen) atoms. The molecular weight excluding hydrogens is 374 g/mol. The van der Waals surface area contributed by atoms with Crippen molar-refractivity contribution in [2.24, 2.45) is 11.7 Å². The number of hydrogen-bond donors (Lipinski definition) is 2. The second kappa shape index (κ2) is 9.87. The Balaban J connectivity index is 1.61. The molecule has 3 heterocycles. The first-order chi connectivity index (χ1) is 14.6. The van der Waals surface area contributed by atoms with Crippen LogP contribution in [0.4, 0.5) is 0 Å². The van der Waals surface area contributed by atoms with Crippen molar-refractivity contribution in [3.63, 3.8) is 0 Å². The van der Waals surface area contributed by atoms with Crippen molar-refractivity contribution in [1.29, 1.82) is 5.41 Å². The maximum absolute atomic E-state index is 12.6. The summed E-state index contributed by atoms with van der Waals surface area (Å²) in [7, 11) is 0. The summed E-state index contributed by atoms with van der Waals surface area (Å²) in [5.74, 6) is 0.624. The van der Waals surface area contributed by atoms with Gasteiger partial charge in [0.15, 0.2) is 0 Å². The van der Waals surface area contributed by atoms with Gasteiger partial charge in [-0.1, -0.05) is 31.4 Å². The van der Waals surface area contributed by atoms with Crippen molar-refractivity contribution in [2.45, 2.75) is 25.8 Å². The normalized spacial score (nSPS) is 17.3. The number of nitrogens with one attached hydrogen (secondary N) is 1. The zero-order valence-electron chi connectivity index (χ0n) is 17.3. The molecule has 1 atom stereocenters. The Labute approximate surface area is 177 Å². The molecule has 0 radical (unpaired) electrons. The molecule has 1 amide bonds. The maximum atomic E-state index is 12.6. The topological polar surface area (TPSA) is 88.0 Å². The van der Waals surface area contributed by atoms with Gasteiger partial charge < -0.3 is 20.6 Å². The van der Waals surface area contributed by atoms with E-state index in [1.807, 2.05) is 35.4 Å². The molecule has 0 aromatic carbocycles. The summed E-state index contributed by atoms with van der Waals surface area (Å²) >= 11 is 0. The van der Waals surface area contributed by atoms with E-state index in [9.17, 15) is 4.79 Å². The maximum Gasteiger partial charge on any atom is 0.222 e. The first-order valence-corrected chi connectivity index (χ1v) is 10.2. The summed E-state index contributed by atoms with van der Waals surface area (Å²) in [5.41, 5.74) is 9.83. The van der Waals surface area contributed by atoms with Crippen molar-refractivity contribution < 1.29 is 4.79 Å². The van der Waals surface area contributed by atoms with Crippen molar-refractivity contribution in [1.82, 2.24) is 14.5 Å². The Morgan fingerprint density at radius 3 is 2.83 bits per heavy atom. The summed E-state index contributed by atoms with van der Waals surface area (Å²) in [4.78, 5) is 19.2. The molecule has 1 aliphatic rings. The van der Waals surface area contributed by atoms with E-state index in [2.05, 4.69) is 22.7 Å². The Kier molecular flexibility index (Phi) is 7.01. The number of likely N-dealkylation sites (tertiary alicyclic amines) is 1. The van der Waals surface area contributed by atoms with Gasteiger partial charge in [0, 0.05) is 50.2 Å². The van der Waals surface area contributed by atoms with Gasteiger partial charge in [-0.2, -0.15) is 0 Å². The molecule has 2 aromatic heterocycles. The van der Waals surface area contributed by atoms with E-state index in [0.29, 0.717) is 30.0 Å². The molecule has 0 spiro atoms. The van der Waals surface area contributed by atoms with E-state index >= 15 is 0 Å². The van der Waals surface area contributed by atoms with Gasteiger partial charge in [-0.25, -0.2) is 4.98 Å². The number of aromatic nitrogens is 2. The van der Waals surface area contributed by atoms with Gasteiger partial charge in [-0.15, -0.1) is 0 Å². The van der Waals surface area contributed by atoms with Crippen molar-refractivity contribution >= 4 is 28.7 Å². The molecule has 0 bridgehead atoms. The predicted molar refractivity (Wildman–Crippen MR) is 123 cm³/mol. The fraction of sp³-hybridized carbons (Fsp3) is 0.292. The molecule has 3 N–H and O–H groups in total. The Hall–Kier alpha value is -3.41. The monoisotopic (exact) mass is 403 g/mol. The van der Waals surface area contributed by atoms with Crippen LogP contribution in [0.2, 0.25) is 0 Å². The summed E-state index contributed by atoms with van der Waals surface area (Å²) < 4.78 is 2.20. The molecule has 0 saturated carbocycles. The van der Waals surface area contributed by atoms with Gasteiger partial charge in [0.05, 0.1) is 16.7 Å². The highest BCUT2D eigenvalue weighted by atomic mass is 16.2. The smallest absolute Gasteiger partial charge is 0.222 e. The van der Waals surface area contributed by atoms with Gasteiger partial charge >= 0.3 is 0 Å². The Morgan fingerprint density at radius 1 is 1.30 bits per heavy atom. The fourth-order valence-electron chi connectivity index (χ4n) is 3.90. The third-order valence-electron chi connectivity index (χ3n) is 5.57. The molecule has 2 aromatic rings. The number of carbonyl (C=O) groups excluding carboxylic acids is 1. The zero-order chi connectivity index (χ0) is 21.5. The highest BCUT2D eigenvalue weighted by Crippen LogP contribution is 2.24. The average Bonchev–Trinajstić information content (AvgIpc) is 3.39. The number of fused-ring (bicyclic) bond motifs is 1. The van der Waals surface area contributed by atoms with Crippen molar-refractivity contribution in [3.05, 3.63) is 73.2 Å². The number of hydrogen-bond acceptors (Lipinski definition) is 4. The second-order valence-corrected chi connectivity index (χ2v) is 7.51. The molecule has 156 valence electrons. The highest BCUT2D eigenvalue weighted by Gasteiger charge is 2.26. The van der Waals surface area contributed by atoms with Gasteiger partial charge in [-0.3, -0.25) is 4.79 Å². The summed E-state index contributed by atoms with van der Waals surface area (Å²) in [6.45, 7) is 9.93. The Bertz CT molecular complexity index is 1010. The van der Waals surface area contributed by atoms with Crippen LogP contribution in [0.5, 0.6) is 0 Å². The third kappa shape index (κ3) is 4.76. The highest BCUT2D eigenvalue weighted by molar-refractivity contribution is 6.07. The summed E-state index contributed by atoms with van der Waals surface area (Å²) in [5, 5.41) is 7.44. The minimum absolute atomic E-state index is 0.200. The average molecular weight is 404 g/mol. The number of carbonyl (C=O) groups is 1. The lowest BCUT2D eigenvalue weighted by atomic mass is 10.1. The lowest BCUT2D eigenvalue weighted by Gasteiger charge is -2.17. The standard InChI is InChI=1S/C24H29N5O/c1-3-5-18(4-2)6-9-24(30)29-12-10-19(17-29)16-28-13-11-22-23(28)8-7-21(27-22)20(14-25)15-26/h3-5,7-8,11,13-15,19,25H,1-2,6,9-10,12,16-17,26H2/b18-5+,20-15+,25-14?. The lowest BCUT2D eigenvalue weighted by molar-refractivity contribution is -0.130. The molecule has 1 fully saturated rings. The van der Waals surface area contributed by atoms with Crippen LogP contribution in [-0.2, 0) is 11.3 Å². The molecular formula is C24H29N5O. The van der Waals surface area contributed by atoms with E-state index in [-0.39, 0.29) is 5.91 Å². The SMILES string of the molecule is C=C/C=C(\C=C)CCC(=O)N1CCC(Cn2ccc3nc(/C(C=N)=C/N)ccc32)C1. The number of allylic oxidation sites excluding steroid dienone is 5. The minimum atomic E-state index is 0.200. The van der Waals surface area contributed by atoms with Crippen molar-refractivity contribution in [2.75, 3.05) is 13.1 Å². The summed E-state index contributed by atoms with van der Waals surface area (Å²) in [6, 6.07) is 5.89. The van der Waals surface area contributed by atoms with Gasteiger partial charge in [0.2, 0.25) is 5.91 Å². The quantitative estimate of drug-likeness (QED) is 0.491. The molecule has 6 heteroatoms.